The third kappa shape index (κ3) is 4.76. The number of aryl methyl sites for hydroxylation is 1. The molecule has 11 heteroatoms. The fraction of sp³-hybridized carbons (Fsp3) is 0.182. The first-order chi connectivity index (χ1) is 15.7. The molecule has 0 bridgehead atoms. The van der Waals surface area contributed by atoms with E-state index in [1.54, 1.807) is 22.9 Å². The van der Waals surface area contributed by atoms with E-state index in [0.717, 1.165) is 18.5 Å². The van der Waals surface area contributed by atoms with Crippen LogP contribution in [0.5, 0.6) is 5.75 Å². The van der Waals surface area contributed by atoms with Crippen LogP contribution in [0.25, 0.3) is 11.5 Å². The lowest BCUT2D eigenvalue weighted by Gasteiger charge is -2.19. The molecule has 4 aromatic rings. The second kappa shape index (κ2) is 8.85. The van der Waals surface area contributed by atoms with Crippen molar-refractivity contribution in [3.05, 3.63) is 94.0 Å². The SMILES string of the molecule is O=c1cn[nH]c(-c2nccn2CCC(c2ccc(F)cc2)c2ccc(C(F)(F)F)nc2)c1O. The van der Waals surface area contributed by atoms with Crippen LogP contribution in [0, 0.1) is 5.82 Å². The van der Waals surface area contributed by atoms with Crippen molar-refractivity contribution in [2.24, 2.45) is 0 Å². The maximum absolute atomic E-state index is 13.4. The number of H-pyrrole nitrogens is 1. The summed E-state index contributed by atoms with van der Waals surface area (Å²) in [5.74, 6) is -1.10. The predicted molar refractivity (Wildman–Crippen MR) is 110 cm³/mol. The van der Waals surface area contributed by atoms with Crippen LogP contribution < -0.4 is 5.43 Å². The van der Waals surface area contributed by atoms with Gasteiger partial charge in [0.25, 0.3) is 0 Å². The largest absolute Gasteiger partial charge is 0.503 e. The van der Waals surface area contributed by atoms with E-state index in [4.69, 9.17) is 0 Å². The highest BCUT2D eigenvalue weighted by Gasteiger charge is 2.32. The highest BCUT2D eigenvalue weighted by molar-refractivity contribution is 5.57. The Labute approximate surface area is 184 Å². The minimum absolute atomic E-state index is 0.0435. The van der Waals surface area contributed by atoms with Gasteiger partial charge in [-0.1, -0.05) is 18.2 Å². The number of hydrogen-bond acceptors (Lipinski definition) is 5. The number of nitrogens with one attached hydrogen (secondary N) is 1. The van der Waals surface area contributed by atoms with Crippen LogP contribution in [0.15, 0.2) is 66.0 Å². The molecule has 0 saturated heterocycles. The number of nitrogens with zero attached hydrogens (tertiary/aromatic N) is 4. The number of alkyl halides is 3. The number of benzene rings is 1. The minimum Gasteiger partial charge on any atom is -0.503 e. The Morgan fingerprint density at radius 2 is 1.76 bits per heavy atom. The molecular weight excluding hydrogens is 442 g/mol. The minimum atomic E-state index is -4.56. The van der Waals surface area contributed by atoms with Gasteiger partial charge in [0, 0.05) is 31.1 Å². The summed E-state index contributed by atoms with van der Waals surface area (Å²) in [4.78, 5) is 19.4. The Bertz CT molecular complexity index is 1300. The fourth-order valence-electron chi connectivity index (χ4n) is 3.53. The standard InChI is InChI=1S/C22H17F4N5O2/c23-15-4-1-13(2-5-15)16(14-3-6-18(28-11-14)22(24,25)26)7-9-31-10-8-27-21(31)19-20(33)17(32)12-29-30-19/h1-6,8,10-12,16H,7,9H2,(H,29,33)(H,30,32). The second-order valence-electron chi connectivity index (χ2n) is 7.27. The van der Waals surface area contributed by atoms with E-state index in [1.807, 2.05) is 0 Å². The summed E-state index contributed by atoms with van der Waals surface area (Å²) in [7, 11) is 0. The van der Waals surface area contributed by atoms with Crippen molar-refractivity contribution in [2.45, 2.75) is 25.1 Å². The van der Waals surface area contributed by atoms with Crippen molar-refractivity contribution >= 4 is 0 Å². The molecule has 1 aromatic carbocycles. The summed E-state index contributed by atoms with van der Waals surface area (Å²) in [6.45, 7) is 0.314. The molecule has 170 valence electrons. The van der Waals surface area contributed by atoms with Crippen molar-refractivity contribution in [1.29, 1.82) is 0 Å². The lowest BCUT2D eigenvalue weighted by atomic mass is 9.89. The van der Waals surface area contributed by atoms with E-state index >= 15 is 0 Å². The average molecular weight is 459 g/mol. The number of imidazole rings is 1. The average Bonchev–Trinajstić information content (AvgIpc) is 3.25. The molecule has 0 aliphatic carbocycles. The Balaban J connectivity index is 1.65. The van der Waals surface area contributed by atoms with E-state index < -0.39 is 34.8 Å². The molecule has 33 heavy (non-hydrogen) atoms. The molecule has 4 rings (SSSR count). The van der Waals surface area contributed by atoms with Crippen molar-refractivity contribution in [1.82, 2.24) is 24.7 Å². The first-order valence-electron chi connectivity index (χ1n) is 9.81. The molecule has 2 N–H and O–H groups in total. The Morgan fingerprint density at radius 3 is 2.42 bits per heavy atom. The summed E-state index contributed by atoms with van der Waals surface area (Å²) >= 11 is 0. The monoisotopic (exact) mass is 459 g/mol. The quantitative estimate of drug-likeness (QED) is 0.423. The molecule has 0 aliphatic heterocycles. The zero-order valence-electron chi connectivity index (χ0n) is 16.9. The maximum atomic E-state index is 13.4. The van der Waals surface area contributed by atoms with E-state index in [-0.39, 0.29) is 11.5 Å². The Hall–Kier alpha value is -4.02. The van der Waals surface area contributed by atoms with Crippen molar-refractivity contribution in [2.75, 3.05) is 0 Å². The van der Waals surface area contributed by atoms with Gasteiger partial charge in [-0.25, -0.2) is 9.37 Å². The molecular formula is C22H17F4N5O2. The second-order valence-corrected chi connectivity index (χ2v) is 7.27. The van der Waals surface area contributed by atoms with Crippen LogP contribution in [-0.4, -0.2) is 29.8 Å². The van der Waals surface area contributed by atoms with Crippen molar-refractivity contribution in [3.8, 4) is 17.3 Å². The summed E-state index contributed by atoms with van der Waals surface area (Å²) in [6, 6.07) is 7.95. The van der Waals surface area contributed by atoms with E-state index in [0.29, 0.717) is 24.1 Å². The van der Waals surface area contributed by atoms with Gasteiger partial charge < -0.3 is 9.67 Å². The first kappa shape index (κ1) is 22.2. The van der Waals surface area contributed by atoms with Gasteiger partial charge in [0.1, 0.15) is 17.2 Å². The zero-order valence-corrected chi connectivity index (χ0v) is 16.9. The smallest absolute Gasteiger partial charge is 0.433 e. The molecule has 0 spiro atoms. The number of halogens is 4. The predicted octanol–water partition coefficient (Wildman–Crippen LogP) is 4.11. The van der Waals surface area contributed by atoms with Gasteiger partial charge in [0.15, 0.2) is 11.6 Å². The van der Waals surface area contributed by atoms with Gasteiger partial charge in [-0.3, -0.25) is 14.9 Å². The number of hydrogen-bond donors (Lipinski definition) is 2. The lowest BCUT2D eigenvalue weighted by Crippen LogP contribution is -2.12. The molecule has 1 atom stereocenters. The molecule has 0 amide bonds. The molecule has 3 heterocycles. The topological polar surface area (TPSA) is 96.7 Å². The number of pyridine rings is 1. The molecule has 0 radical (unpaired) electrons. The molecule has 7 nitrogen and oxygen atoms in total. The van der Waals surface area contributed by atoms with Gasteiger partial charge in [0.05, 0.1) is 6.20 Å². The van der Waals surface area contributed by atoms with Gasteiger partial charge >= 0.3 is 6.18 Å². The molecule has 0 aliphatic rings. The van der Waals surface area contributed by atoms with Gasteiger partial charge in [-0.2, -0.15) is 18.3 Å². The van der Waals surface area contributed by atoms with Crippen LogP contribution in [-0.2, 0) is 12.7 Å². The van der Waals surface area contributed by atoms with Gasteiger partial charge in [0.2, 0.25) is 5.43 Å². The summed E-state index contributed by atoms with van der Waals surface area (Å²) in [5, 5.41) is 16.3. The van der Waals surface area contributed by atoms with Gasteiger partial charge in [-0.05, 0) is 35.7 Å². The van der Waals surface area contributed by atoms with Crippen LogP contribution in [0.4, 0.5) is 17.6 Å². The maximum Gasteiger partial charge on any atom is 0.433 e. The van der Waals surface area contributed by atoms with Crippen molar-refractivity contribution in [3.63, 3.8) is 0 Å². The van der Waals surface area contributed by atoms with Gasteiger partial charge in [-0.15, -0.1) is 0 Å². The molecule has 1 unspecified atom stereocenters. The first-order valence-corrected chi connectivity index (χ1v) is 9.81. The van der Waals surface area contributed by atoms with E-state index in [2.05, 4.69) is 20.2 Å². The van der Waals surface area contributed by atoms with Crippen LogP contribution >= 0.6 is 0 Å². The number of aromatic hydroxyl groups is 1. The number of aromatic nitrogens is 5. The summed E-state index contributed by atoms with van der Waals surface area (Å²) in [5.41, 5.74) is -0.413. The summed E-state index contributed by atoms with van der Waals surface area (Å²) < 4.78 is 53.9. The highest BCUT2D eigenvalue weighted by atomic mass is 19.4. The van der Waals surface area contributed by atoms with Crippen molar-refractivity contribution < 1.29 is 22.7 Å². The van der Waals surface area contributed by atoms with E-state index in [1.165, 1.54) is 24.4 Å². The Kier molecular flexibility index (Phi) is 5.95. The Morgan fingerprint density at radius 1 is 1.03 bits per heavy atom. The van der Waals surface area contributed by atoms with Crippen LogP contribution in [0.2, 0.25) is 0 Å². The molecule has 0 fully saturated rings. The van der Waals surface area contributed by atoms with Crippen LogP contribution in [0.3, 0.4) is 0 Å². The fourth-order valence-corrected chi connectivity index (χ4v) is 3.53. The highest BCUT2D eigenvalue weighted by Crippen LogP contribution is 2.32. The third-order valence-corrected chi connectivity index (χ3v) is 5.18. The van der Waals surface area contributed by atoms with Crippen LogP contribution in [0.1, 0.15) is 29.2 Å². The normalized spacial score (nSPS) is 12.6. The lowest BCUT2D eigenvalue weighted by molar-refractivity contribution is -0.141. The third-order valence-electron chi connectivity index (χ3n) is 5.18. The summed E-state index contributed by atoms with van der Waals surface area (Å²) in [6.07, 6.45) is 1.04. The number of rotatable bonds is 6. The molecule has 0 saturated carbocycles. The zero-order chi connectivity index (χ0) is 23.6. The molecule has 3 aromatic heterocycles. The number of aromatic amines is 1. The van der Waals surface area contributed by atoms with E-state index in [9.17, 15) is 27.5 Å².